The number of amides is 1. The van der Waals surface area contributed by atoms with E-state index in [1.54, 1.807) is 0 Å². The van der Waals surface area contributed by atoms with Gasteiger partial charge in [0.05, 0.1) is 11.1 Å². The summed E-state index contributed by atoms with van der Waals surface area (Å²) in [4.78, 5) is 12.9. The number of rotatable bonds is 2. The summed E-state index contributed by atoms with van der Waals surface area (Å²) < 4.78 is 1.43. The molecule has 3 rings (SSSR count). The fraction of sp³-hybridized carbons (Fsp3) is 0.533. The van der Waals surface area contributed by atoms with Crippen LogP contribution in [0.3, 0.4) is 0 Å². The number of hydrogen-bond acceptors (Lipinski definition) is 4. The van der Waals surface area contributed by atoms with Crippen LogP contribution in [0.1, 0.15) is 33.4 Å². The van der Waals surface area contributed by atoms with Gasteiger partial charge in [-0.05, 0) is 24.0 Å². The Kier molecular flexibility index (Phi) is 3.14. The first-order valence-corrected chi connectivity index (χ1v) is 7.27. The van der Waals surface area contributed by atoms with Gasteiger partial charge in [0.1, 0.15) is 5.52 Å². The minimum absolute atomic E-state index is 0.413. The van der Waals surface area contributed by atoms with E-state index in [9.17, 15) is 15.0 Å². The normalized spacial score (nSPS) is 23.4. The molecule has 0 bridgehead atoms. The van der Waals surface area contributed by atoms with Crippen LogP contribution in [0.2, 0.25) is 0 Å². The van der Waals surface area contributed by atoms with Crippen LogP contribution in [0, 0.1) is 5.41 Å². The Balaban J connectivity index is 2.11. The van der Waals surface area contributed by atoms with Crippen LogP contribution in [0.5, 0.6) is 0 Å². The van der Waals surface area contributed by atoms with Gasteiger partial charge in [-0.15, -0.1) is 5.10 Å². The lowest BCUT2D eigenvalue weighted by Gasteiger charge is -2.60. The third-order valence-electron chi connectivity index (χ3n) is 4.76. The van der Waals surface area contributed by atoms with Crippen LogP contribution < -0.4 is 0 Å². The van der Waals surface area contributed by atoms with E-state index in [1.165, 1.54) is 9.58 Å². The molecule has 7 heteroatoms. The molecule has 1 amide bonds. The molecule has 1 saturated heterocycles. The number of aromatic nitrogens is 3. The molecular formula is C15H20N4O3. The summed E-state index contributed by atoms with van der Waals surface area (Å²) in [7, 11) is 0. The van der Waals surface area contributed by atoms with Gasteiger partial charge >= 0.3 is 6.09 Å². The monoisotopic (exact) mass is 304 g/mol. The third-order valence-corrected chi connectivity index (χ3v) is 4.76. The quantitative estimate of drug-likeness (QED) is 0.886. The van der Waals surface area contributed by atoms with E-state index in [1.807, 2.05) is 45.0 Å². The van der Waals surface area contributed by atoms with Gasteiger partial charge in [0.15, 0.2) is 6.23 Å². The Labute approximate surface area is 128 Å². The van der Waals surface area contributed by atoms with Crippen molar-refractivity contribution in [3.05, 3.63) is 24.3 Å². The highest BCUT2D eigenvalue weighted by atomic mass is 16.4. The highest BCUT2D eigenvalue weighted by Gasteiger charge is 2.60. The van der Waals surface area contributed by atoms with E-state index in [4.69, 9.17) is 0 Å². The molecule has 1 unspecified atom stereocenters. The molecule has 1 aromatic heterocycles. The fourth-order valence-corrected chi connectivity index (χ4v) is 3.44. The standard InChI is InChI=1S/C15H20N4O3/c1-14(2,3)15(8-9-18(15)13(21)22)12(20)19-11-7-5-4-6-10(11)16-17-19/h4-7,12,20H,8-9H2,1-3H3,(H,21,22)/t12?,15-/m0/s1. The Morgan fingerprint density at radius 3 is 2.59 bits per heavy atom. The Bertz CT molecular complexity index is 721. The molecule has 0 aliphatic carbocycles. The topological polar surface area (TPSA) is 91.5 Å². The van der Waals surface area contributed by atoms with Crippen LogP contribution in [0.25, 0.3) is 11.0 Å². The van der Waals surface area contributed by atoms with Gasteiger partial charge < -0.3 is 10.2 Å². The molecule has 0 saturated carbocycles. The summed E-state index contributed by atoms with van der Waals surface area (Å²) in [6.07, 6.45) is -1.53. The zero-order valence-electron chi connectivity index (χ0n) is 12.9. The first kappa shape index (κ1) is 14.8. The van der Waals surface area contributed by atoms with Crippen LogP contribution in [-0.2, 0) is 0 Å². The van der Waals surface area contributed by atoms with Gasteiger partial charge in [-0.25, -0.2) is 9.48 Å². The summed E-state index contributed by atoms with van der Waals surface area (Å²) in [5, 5.41) is 28.5. The Hall–Kier alpha value is -2.15. The van der Waals surface area contributed by atoms with Crippen molar-refractivity contribution in [2.75, 3.05) is 6.54 Å². The molecule has 1 aliphatic rings. The maximum absolute atomic E-state index is 11.6. The third kappa shape index (κ3) is 1.81. The summed E-state index contributed by atoms with van der Waals surface area (Å²) >= 11 is 0. The number of likely N-dealkylation sites (tertiary alicyclic amines) is 1. The van der Waals surface area contributed by atoms with Crippen molar-refractivity contribution in [2.24, 2.45) is 5.41 Å². The van der Waals surface area contributed by atoms with Crippen LogP contribution in [-0.4, -0.2) is 48.3 Å². The minimum Gasteiger partial charge on any atom is -0.465 e. The number of carboxylic acid groups (broad SMARTS) is 1. The van der Waals surface area contributed by atoms with E-state index in [0.29, 0.717) is 24.0 Å². The predicted octanol–water partition coefficient (Wildman–Crippen LogP) is 2.09. The molecule has 7 nitrogen and oxygen atoms in total. The van der Waals surface area contributed by atoms with E-state index >= 15 is 0 Å². The average molecular weight is 304 g/mol. The number of fused-ring (bicyclic) bond motifs is 1. The molecule has 2 N–H and O–H groups in total. The minimum atomic E-state index is -1.09. The molecular weight excluding hydrogens is 284 g/mol. The lowest BCUT2D eigenvalue weighted by Crippen LogP contribution is -2.71. The zero-order chi connectivity index (χ0) is 16.1. The van der Waals surface area contributed by atoms with Crippen molar-refractivity contribution < 1.29 is 15.0 Å². The van der Waals surface area contributed by atoms with Gasteiger partial charge in [-0.3, -0.25) is 4.90 Å². The van der Waals surface area contributed by atoms with Crippen LogP contribution in [0.15, 0.2) is 24.3 Å². The first-order chi connectivity index (χ1) is 10.3. The number of benzene rings is 1. The summed E-state index contributed by atoms with van der Waals surface area (Å²) in [6.45, 7) is 6.22. The maximum atomic E-state index is 11.6. The maximum Gasteiger partial charge on any atom is 0.407 e. The number of hydrogen-bond donors (Lipinski definition) is 2. The smallest absolute Gasteiger partial charge is 0.407 e. The van der Waals surface area contributed by atoms with Crippen molar-refractivity contribution >= 4 is 17.1 Å². The van der Waals surface area contributed by atoms with Gasteiger partial charge in [0.25, 0.3) is 0 Å². The average Bonchev–Trinajstić information content (AvgIpc) is 2.78. The lowest BCUT2D eigenvalue weighted by molar-refractivity contribution is -0.174. The van der Waals surface area contributed by atoms with Gasteiger partial charge in [0.2, 0.25) is 0 Å². The fourth-order valence-electron chi connectivity index (χ4n) is 3.44. The van der Waals surface area contributed by atoms with E-state index in [2.05, 4.69) is 10.3 Å². The van der Waals surface area contributed by atoms with Gasteiger partial charge in [-0.2, -0.15) is 0 Å². The first-order valence-electron chi connectivity index (χ1n) is 7.27. The number of para-hydroxylation sites is 1. The zero-order valence-corrected chi connectivity index (χ0v) is 12.9. The second kappa shape index (κ2) is 4.67. The molecule has 1 aromatic carbocycles. The molecule has 1 aliphatic heterocycles. The van der Waals surface area contributed by atoms with Crippen molar-refractivity contribution in [3.63, 3.8) is 0 Å². The van der Waals surface area contributed by atoms with Crippen molar-refractivity contribution in [3.8, 4) is 0 Å². The Morgan fingerprint density at radius 2 is 2.05 bits per heavy atom. The molecule has 22 heavy (non-hydrogen) atoms. The van der Waals surface area contributed by atoms with Gasteiger partial charge in [-0.1, -0.05) is 38.1 Å². The summed E-state index contributed by atoms with van der Waals surface area (Å²) in [5.74, 6) is 0. The molecule has 2 aromatic rings. The molecule has 2 heterocycles. The predicted molar refractivity (Wildman–Crippen MR) is 80.3 cm³/mol. The van der Waals surface area contributed by atoms with E-state index in [-0.39, 0.29) is 0 Å². The summed E-state index contributed by atoms with van der Waals surface area (Å²) in [6, 6.07) is 7.32. The molecule has 1 fully saturated rings. The highest BCUT2D eigenvalue weighted by Crippen LogP contribution is 2.51. The van der Waals surface area contributed by atoms with Crippen molar-refractivity contribution in [1.82, 2.24) is 19.9 Å². The number of aliphatic hydroxyl groups excluding tert-OH is 1. The van der Waals surface area contributed by atoms with E-state index < -0.39 is 23.3 Å². The second-order valence-electron chi connectivity index (χ2n) is 6.75. The molecule has 118 valence electrons. The van der Waals surface area contributed by atoms with Gasteiger partial charge in [0, 0.05) is 6.54 Å². The largest absolute Gasteiger partial charge is 0.465 e. The van der Waals surface area contributed by atoms with Crippen molar-refractivity contribution in [2.45, 2.75) is 39.0 Å². The lowest BCUT2D eigenvalue weighted by atomic mass is 9.64. The SMILES string of the molecule is CC(C)(C)[C@@]1(C(O)n2nnc3ccccc32)CCN1C(=O)O. The Morgan fingerprint density at radius 1 is 1.36 bits per heavy atom. The highest BCUT2D eigenvalue weighted by molar-refractivity contribution is 5.74. The molecule has 2 atom stereocenters. The summed E-state index contributed by atoms with van der Waals surface area (Å²) in [5.41, 5.74) is -0.00604. The number of aliphatic hydroxyl groups is 1. The number of carbonyl (C=O) groups is 1. The second-order valence-corrected chi connectivity index (χ2v) is 6.75. The van der Waals surface area contributed by atoms with Crippen molar-refractivity contribution in [1.29, 1.82) is 0 Å². The number of nitrogens with zero attached hydrogens (tertiary/aromatic N) is 4. The molecule has 0 radical (unpaired) electrons. The van der Waals surface area contributed by atoms with E-state index in [0.717, 1.165) is 0 Å². The molecule has 0 spiro atoms. The van der Waals surface area contributed by atoms with Crippen LogP contribution >= 0.6 is 0 Å². The van der Waals surface area contributed by atoms with Crippen LogP contribution in [0.4, 0.5) is 4.79 Å².